The van der Waals surface area contributed by atoms with Crippen molar-refractivity contribution in [3.63, 3.8) is 0 Å². The lowest BCUT2D eigenvalue weighted by Crippen LogP contribution is -2.28. The summed E-state index contributed by atoms with van der Waals surface area (Å²) in [7, 11) is 0. The zero-order valence-electron chi connectivity index (χ0n) is 26.5. The number of carbonyl (C=O) groups is 2. The van der Waals surface area contributed by atoms with E-state index in [2.05, 4.69) is 86.8 Å². The normalized spacial score (nSPS) is 13.3. The van der Waals surface area contributed by atoms with Crippen molar-refractivity contribution in [1.29, 1.82) is 0 Å². The van der Waals surface area contributed by atoms with E-state index in [1.54, 1.807) is 0 Å². The highest BCUT2D eigenvalue weighted by atomic mass is 16.6. The van der Waals surface area contributed by atoms with Gasteiger partial charge in [0.25, 0.3) is 0 Å². The van der Waals surface area contributed by atoms with Gasteiger partial charge in [0.15, 0.2) is 6.10 Å². The van der Waals surface area contributed by atoms with Crippen molar-refractivity contribution in [2.75, 3.05) is 13.2 Å². The smallest absolute Gasteiger partial charge is 0.306 e. The lowest BCUT2D eigenvalue weighted by molar-refractivity contribution is -0.161. The minimum absolute atomic E-state index is 0.109. The Kier molecular flexibility index (Phi) is 30.3. The zero-order chi connectivity index (χ0) is 30.8. The Labute approximate surface area is 256 Å². The molecule has 236 valence electrons. The van der Waals surface area contributed by atoms with Crippen LogP contribution in [0.2, 0.25) is 0 Å². The highest BCUT2D eigenvalue weighted by molar-refractivity contribution is 5.70. The van der Waals surface area contributed by atoms with Gasteiger partial charge in [-0.3, -0.25) is 9.59 Å². The lowest BCUT2D eigenvalue weighted by atomic mass is 10.1. The maximum absolute atomic E-state index is 12.0. The summed E-state index contributed by atoms with van der Waals surface area (Å²) in [5, 5.41) is 9.48. The van der Waals surface area contributed by atoms with Gasteiger partial charge in [0.05, 0.1) is 6.61 Å². The lowest BCUT2D eigenvalue weighted by Gasteiger charge is -2.15. The Balaban J connectivity index is 3.77. The molecule has 1 N–H and O–H groups in total. The van der Waals surface area contributed by atoms with Gasteiger partial charge in [-0.25, -0.2) is 0 Å². The first kappa shape index (κ1) is 39.1. The average Bonchev–Trinajstić information content (AvgIpc) is 2.99. The zero-order valence-corrected chi connectivity index (χ0v) is 26.5. The molecule has 1 atom stereocenters. The largest absolute Gasteiger partial charge is 0.462 e. The Morgan fingerprint density at radius 1 is 0.548 bits per heavy atom. The second-order valence-electron chi connectivity index (χ2n) is 10.1. The molecule has 0 fully saturated rings. The van der Waals surface area contributed by atoms with Gasteiger partial charge in [0.1, 0.15) is 6.61 Å². The first-order valence-electron chi connectivity index (χ1n) is 16.1. The Morgan fingerprint density at radius 3 is 1.52 bits per heavy atom. The Hall–Kier alpha value is -2.92. The molecule has 0 aliphatic rings. The molecule has 0 aliphatic heterocycles. The monoisotopic (exact) mass is 582 g/mol. The molecule has 0 radical (unpaired) electrons. The molecule has 5 nitrogen and oxygen atoms in total. The van der Waals surface area contributed by atoms with E-state index in [4.69, 9.17) is 9.47 Å². The van der Waals surface area contributed by atoms with Gasteiger partial charge >= 0.3 is 11.9 Å². The summed E-state index contributed by atoms with van der Waals surface area (Å²) in [5.41, 5.74) is 0. The molecule has 0 amide bonds. The number of hydrogen-bond acceptors (Lipinski definition) is 5. The third-order valence-electron chi connectivity index (χ3n) is 6.20. The molecule has 0 bridgehead atoms. The van der Waals surface area contributed by atoms with Gasteiger partial charge in [-0.15, -0.1) is 0 Å². The highest BCUT2D eigenvalue weighted by Crippen LogP contribution is 2.09. The number of rotatable bonds is 27. The van der Waals surface area contributed by atoms with Gasteiger partial charge in [-0.05, 0) is 70.6 Å². The number of ether oxygens (including phenoxy) is 2. The van der Waals surface area contributed by atoms with Crippen LogP contribution in [0.4, 0.5) is 0 Å². The molecule has 0 spiro atoms. The summed E-state index contributed by atoms with van der Waals surface area (Å²) >= 11 is 0. The molecule has 0 saturated heterocycles. The van der Waals surface area contributed by atoms with Gasteiger partial charge in [0.2, 0.25) is 0 Å². The fraction of sp³-hybridized carbons (Fsp3) is 0.568. The summed E-state index contributed by atoms with van der Waals surface area (Å²) in [6.45, 7) is 3.79. The third kappa shape index (κ3) is 30.0. The molecular weight excluding hydrogens is 524 g/mol. The molecule has 42 heavy (non-hydrogen) atoms. The highest BCUT2D eigenvalue weighted by Gasteiger charge is 2.15. The molecule has 0 rings (SSSR count). The molecule has 0 aromatic carbocycles. The number of aliphatic hydroxyl groups is 1. The number of carbonyl (C=O) groups excluding carboxylic acids is 2. The first-order valence-corrected chi connectivity index (χ1v) is 16.1. The standard InChI is InChI=1S/C37H58O5/c1-3-5-7-9-11-13-15-17-18-20-21-23-25-27-29-31-36(39)41-34-35(33-38)42-37(40)32-30-28-26-24-22-19-16-14-12-10-8-6-4-2/h5-8,11-14,17-19,22,26,28,35,38H,3-4,9-10,15-16,20-21,23-25,27,29-34H2,1-2H3/b7-5-,8-6-,13-11-,14-12-,18-17-,22-19-,28-26-. The topological polar surface area (TPSA) is 72.8 Å². The third-order valence-corrected chi connectivity index (χ3v) is 6.20. The number of aliphatic hydroxyl groups excluding tert-OH is 1. The second-order valence-corrected chi connectivity index (χ2v) is 10.1. The number of hydrogen-bond donors (Lipinski definition) is 1. The summed E-state index contributed by atoms with van der Waals surface area (Å²) in [6, 6.07) is 0. The number of esters is 2. The molecule has 0 aromatic rings. The predicted molar refractivity (Wildman–Crippen MR) is 177 cm³/mol. The maximum atomic E-state index is 12.0. The van der Waals surface area contributed by atoms with E-state index in [0.29, 0.717) is 12.8 Å². The predicted octanol–water partition coefficient (Wildman–Crippen LogP) is 9.61. The summed E-state index contributed by atoms with van der Waals surface area (Å²) < 4.78 is 10.5. The van der Waals surface area contributed by atoms with E-state index >= 15 is 0 Å². The SMILES string of the molecule is CC/C=C\C/C=C\C/C=C\C/C=C\CCC(=O)OC(CO)COC(=O)CCCCCCC/C=C\C/C=C\C/C=C\CC. The van der Waals surface area contributed by atoms with E-state index < -0.39 is 12.1 Å². The van der Waals surface area contributed by atoms with Crippen LogP contribution in [0.3, 0.4) is 0 Å². The van der Waals surface area contributed by atoms with E-state index in [-0.39, 0.29) is 25.6 Å². The molecule has 0 heterocycles. The number of unbranched alkanes of at least 4 members (excludes halogenated alkanes) is 5. The van der Waals surface area contributed by atoms with Gasteiger partial charge in [-0.1, -0.05) is 118 Å². The van der Waals surface area contributed by atoms with E-state index in [0.717, 1.165) is 83.5 Å². The van der Waals surface area contributed by atoms with E-state index in [1.165, 1.54) is 0 Å². The summed E-state index contributed by atoms with van der Waals surface area (Å²) in [5.74, 6) is -0.718. The van der Waals surface area contributed by atoms with Crippen molar-refractivity contribution < 1.29 is 24.2 Å². The van der Waals surface area contributed by atoms with Crippen LogP contribution < -0.4 is 0 Å². The van der Waals surface area contributed by atoms with Crippen LogP contribution in [-0.2, 0) is 19.1 Å². The fourth-order valence-corrected chi connectivity index (χ4v) is 3.81. The van der Waals surface area contributed by atoms with Crippen LogP contribution >= 0.6 is 0 Å². The van der Waals surface area contributed by atoms with Crippen molar-refractivity contribution in [3.8, 4) is 0 Å². The van der Waals surface area contributed by atoms with Crippen LogP contribution in [-0.4, -0.2) is 36.4 Å². The first-order chi connectivity index (χ1) is 20.6. The Morgan fingerprint density at radius 2 is 1.00 bits per heavy atom. The maximum Gasteiger partial charge on any atom is 0.306 e. The molecule has 0 aromatic heterocycles. The van der Waals surface area contributed by atoms with Gasteiger partial charge in [0, 0.05) is 12.8 Å². The van der Waals surface area contributed by atoms with Gasteiger partial charge in [-0.2, -0.15) is 0 Å². The number of allylic oxidation sites excluding steroid dienone is 14. The average molecular weight is 583 g/mol. The van der Waals surface area contributed by atoms with Crippen molar-refractivity contribution in [1.82, 2.24) is 0 Å². The van der Waals surface area contributed by atoms with Crippen LogP contribution in [0.25, 0.3) is 0 Å². The minimum Gasteiger partial charge on any atom is -0.462 e. The van der Waals surface area contributed by atoms with Crippen LogP contribution in [0.5, 0.6) is 0 Å². The molecule has 0 saturated carbocycles. The molecule has 5 heteroatoms. The van der Waals surface area contributed by atoms with Crippen molar-refractivity contribution in [3.05, 3.63) is 85.1 Å². The quantitative estimate of drug-likeness (QED) is 0.0593. The second kappa shape index (κ2) is 32.6. The van der Waals surface area contributed by atoms with Gasteiger partial charge < -0.3 is 14.6 Å². The fourth-order valence-electron chi connectivity index (χ4n) is 3.81. The Bertz CT molecular complexity index is 844. The van der Waals surface area contributed by atoms with Crippen LogP contribution in [0.1, 0.15) is 117 Å². The van der Waals surface area contributed by atoms with E-state index in [9.17, 15) is 14.7 Å². The van der Waals surface area contributed by atoms with Crippen molar-refractivity contribution in [2.45, 2.75) is 123 Å². The van der Waals surface area contributed by atoms with Crippen LogP contribution in [0, 0.1) is 0 Å². The van der Waals surface area contributed by atoms with Crippen molar-refractivity contribution >= 4 is 11.9 Å². The minimum atomic E-state index is -0.819. The molecule has 0 aliphatic carbocycles. The summed E-state index contributed by atoms with van der Waals surface area (Å²) in [6.07, 6.45) is 43.6. The summed E-state index contributed by atoms with van der Waals surface area (Å²) in [4.78, 5) is 24.1. The van der Waals surface area contributed by atoms with E-state index in [1.807, 2.05) is 12.2 Å². The molecular formula is C37H58O5. The van der Waals surface area contributed by atoms with Crippen molar-refractivity contribution in [2.24, 2.45) is 0 Å². The molecule has 1 unspecified atom stereocenters. The van der Waals surface area contributed by atoms with Crippen LogP contribution in [0.15, 0.2) is 85.1 Å².